The first-order valence-corrected chi connectivity index (χ1v) is 8.03. The van der Waals surface area contributed by atoms with E-state index in [-0.39, 0.29) is 31.0 Å². The SMILES string of the molecule is CC(=O)NC1CCN(CC(O)COCc2ccccc2F)CC1. The Bertz CT molecular complexity index is 504. The molecule has 1 aromatic rings. The number of rotatable bonds is 7. The fourth-order valence-electron chi connectivity index (χ4n) is 2.82. The van der Waals surface area contributed by atoms with Crippen molar-refractivity contribution in [1.29, 1.82) is 0 Å². The molecular weight excluding hydrogens is 299 g/mol. The summed E-state index contributed by atoms with van der Waals surface area (Å²) in [6.07, 6.45) is 1.18. The topological polar surface area (TPSA) is 61.8 Å². The van der Waals surface area contributed by atoms with E-state index < -0.39 is 6.10 Å². The van der Waals surface area contributed by atoms with Gasteiger partial charge in [-0.25, -0.2) is 4.39 Å². The molecule has 0 spiro atoms. The fourth-order valence-corrected chi connectivity index (χ4v) is 2.82. The first-order valence-electron chi connectivity index (χ1n) is 8.03. The van der Waals surface area contributed by atoms with E-state index in [0.717, 1.165) is 25.9 Å². The second-order valence-electron chi connectivity index (χ2n) is 6.04. The monoisotopic (exact) mass is 324 g/mol. The summed E-state index contributed by atoms with van der Waals surface area (Å²) in [4.78, 5) is 13.2. The number of hydrogen-bond donors (Lipinski definition) is 2. The van der Waals surface area contributed by atoms with E-state index in [1.54, 1.807) is 18.2 Å². The van der Waals surface area contributed by atoms with Crippen molar-refractivity contribution in [3.05, 3.63) is 35.6 Å². The summed E-state index contributed by atoms with van der Waals surface area (Å²) in [5, 5.41) is 13.0. The molecule has 128 valence electrons. The highest BCUT2D eigenvalue weighted by Crippen LogP contribution is 2.11. The van der Waals surface area contributed by atoms with Gasteiger partial charge in [-0.15, -0.1) is 0 Å². The minimum atomic E-state index is -0.598. The first kappa shape index (κ1) is 17.8. The number of benzene rings is 1. The number of carbonyl (C=O) groups excluding carboxylic acids is 1. The lowest BCUT2D eigenvalue weighted by Gasteiger charge is -2.33. The number of aliphatic hydroxyl groups is 1. The van der Waals surface area contributed by atoms with Crippen LogP contribution in [-0.4, -0.2) is 54.3 Å². The van der Waals surface area contributed by atoms with Crippen LogP contribution in [0.5, 0.6) is 0 Å². The van der Waals surface area contributed by atoms with Crippen LogP contribution in [0.2, 0.25) is 0 Å². The molecule has 1 heterocycles. The van der Waals surface area contributed by atoms with E-state index in [9.17, 15) is 14.3 Å². The number of nitrogens with one attached hydrogen (secondary N) is 1. The second kappa shape index (κ2) is 8.96. The number of likely N-dealkylation sites (tertiary alicyclic amines) is 1. The molecule has 1 unspecified atom stereocenters. The highest BCUT2D eigenvalue weighted by atomic mass is 19.1. The Kier molecular flexibility index (Phi) is 6.95. The van der Waals surface area contributed by atoms with Gasteiger partial charge in [0.15, 0.2) is 0 Å². The molecule has 2 rings (SSSR count). The molecule has 1 amide bonds. The second-order valence-corrected chi connectivity index (χ2v) is 6.04. The van der Waals surface area contributed by atoms with Crippen molar-refractivity contribution in [3.8, 4) is 0 Å². The summed E-state index contributed by atoms with van der Waals surface area (Å²) in [6.45, 7) is 4.09. The molecule has 5 nitrogen and oxygen atoms in total. The number of piperidine rings is 1. The maximum absolute atomic E-state index is 13.4. The average molecular weight is 324 g/mol. The van der Waals surface area contributed by atoms with Crippen LogP contribution in [-0.2, 0) is 16.1 Å². The summed E-state index contributed by atoms with van der Waals surface area (Å²) in [5.41, 5.74) is 0.496. The van der Waals surface area contributed by atoms with Gasteiger partial charge in [0, 0.05) is 38.2 Å². The van der Waals surface area contributed by atoms with Crippen molar-refractivity contribution in [2.45, 2.75) is 38.5 Å². The van der Waals surface area contributed by atoms with Crippen LogP contribution < -0.4 is 5.32 Å². The molecule has 23 heavy (non-hydrogen) atoms. The van der Waals surface area contributed by atoms with E-state index in [2.05, 4.69) is 10.2 Å². The molecular formula is C17H25FN2O3. The lowest BCUT2D eigenvalue weighted by atomic mass is 10.0. The third-order valence-electron chi connectivity index (χ3n) is 3.99. The number of nitrogens with zero attached hydrogens (tertiary/aromatic N) is 1. The predicted molar refractivity (Wildman–Crippen MR) is 85.3 cm³/mol. The Balaban J connectivity index is 1.63. The molecule has 1 saturated heterocycles. The van der Waals surface area contributed by atoms with Crippen molar-refractivity contribution in [1.82, 2.24) is 10.2 Å². The number of β-amino-alcohol motifs (C(OH)–C–C–N with tert-alkyl or cyclic N) is 1. The van der Waals surface area contributed by atoms with Crippen molar-refractivity contribution < 1.29 is 19.0 Å². The zero-order chi connectivity index (χ0) is 16.7. The Labute approximate surface area is 136 Å². The molecule has 0 radical (unpaired) electrons. The van der Waals surface area contributed by atoms with Gasteiger partial charge in [0.05, 0.1) is 19.3 Å². The largest absolute Gasteiger partial charge is 0.389 e. The summed E-state index contributed by atoms with van der Waals surface area (Å²) in [6, 6.07) is 6.71. The Morgan fingerprint density at radius 3 is 2.78 bits per heavy atom. The molecule has 0 aliphatic carbocycles. The van der Waals surface area contributed by atoms with Crippen molar-refractivity contribution in [2.24, 2.45) is 0 Å². The number of halogens is 1. The van der Waals surface area contributed by atoms with Gasteiger partial charge in [0.2, 0.25) is 5.91 Å². The van der Waals surface area contributed by atoms with Gasteiger partial charge in [0.1, 0.15) is 5.82 Å². The molecule has 0 bridgehead atoms. The molecule has 0 aromatic heterocycles. The van der Waals surface area contributed by atoms with Gasteiger partial charge in [-0.1, -0.05) is 18.2 Å². The molecule has 1 atom stereocenters. The lowest BCUT2D eigenvalue weighted by molar-refractivity contribution is -0.120. The summed E-state index contributed by atoms with van der Waals surface area (Å²) in [7, 11) is 0. The van der Waals surface area contributed by atoms with Crippen LogP contribution in [0.4, 0.5) is 4.39 Å². The summed E-state index contributed by atoms with van der Waals surface area (Å²) in [5.74, 6) is -0.285. The molecule has 1 aromatic carbocycles. The van der Waals surface area contributed by atoms with Crippen molar-refractivity contribution in [2.75, 3.05) is 26.2 Å². The van der Waals surface area contributed by atoms with Crippen molar-refractivity contribution >= 4 is 5.91 Å². The zero-order valence-corrected chi connectivity index (χ0v) is 13.5. The third-order valence-corrected chi connectivity index (χ3v) is 3.99. The van der Waals surface area contributed by atoms with E-state index in [0.29, 0.717) is 12.1 Å². The van der Waals surface area contributed by atoms with E-state index in [1.807, 2.05) is 0 Å². The minimum Gasteiger partial charge on any atom is -0.389 e. The van der Waals surface area contributed by atoms with E-state index in [4.69, 9.17) is 4.74 Å². The predicted octanol–water partition coefficient (Wildman–Crippen LogP) is 1.30. The van der Waals surface area contributed by atoms with Crippen LogP contribution >= 0.6 is 0 Å². The summed E-state index contributed by atoms with van der Waals surface area (Å²) < 4.78 is 18.8. The third kappa shape index (κ3) is 6.25. The number of carbonyl (C=O) groups is 1. The molecule has 0 saturated carbocycles. The summed E-state index contributed by atoms with van der Waals surface area (Å²) >= 11 is 0. The standard InChI is InChI=1S/C17H25FN2O3/c1-13(21)19-15-6-8-20(9-7-15)10-16(22)12-23-11-14-4-2-3-5-17(14)18/h2-5,15-16,22H,6-12H2,1H3,(H,19,21). The normalized spacial score (nSPS) is 17.9. The molecule has 1 fully saturated rings. The number of hydrogen-bond acceptors (Lipinski definition) is 4. The van der Waals surface area contributed by atoms with Gasteiger partial charge >= 0.3 is 0 Å². The average Bonchev–Trinajstić information content (AvgIpc) is 2.51. The molecule has 1 aliphatic rings. The maximum atomic E-state index is 13.4. The van der Waals surface area contributed by atoms with Crippen LogP contribution in [0.3, 0.4) is 0 Å². The first-order chi connectivity index (χ1) is 11.0. The smallest absolute Gasteiger partial charge is 0.217 e. The zero-order valence-electron chi connectivity index (χ0n) is 13.5. The van der Waals surface area contributed by atoms with E-state index in [1.165, 1.54) is 13.0 Å². The van der Waals surface area contributed by atoms with Crippen LogP contribution in [0.1, 0.15) is 25.3 Å². The minimum absolute atomic E-state index is 0.00466. The highest BCUT2D eigenvalue weighted by Gasteiger charge is 2.21. The van der Waals surface area contributed by atoms with E-state index >= 15 is 0 Å². The van der Waals surface area contributed by atoms with Gasteiger partial charge < -0.3 is 20.1 Å². The molecule has 6 heteroatoms. The Morgan fingerprint density at radius 2 is 2.13 bits per heavy atom. The van der Waals surface area contributed by atoms with Crippen LogP contribution in [0.25, 0.3) is 0 Å². The lowest BCUT2D eigenvalue weighted by Crippen LogP contribution is -2.46. The quantitative estimate of drug-likeness (QED) is 0.794. The van der Waals surface area contributed by atoms with Gasteiger partial charge in [-0.3, -0.25) is 4.79 Å². The van der Waals surface area contributed by atoms with Crippen LogP contribution in [0, 0.1) is 5.82 Å². The van der Waals surface area contributed by atoms with Gasteiger partial charge in [0.25, 0.3) is 0 Å². The number of aliphatic hydroxyl groups excluding tert-OH is 1. The Hall–Kier alpha value is -1.50. The van der Waals surface area contributed by atoms with Gasteiger partial charge in [-0.05, 0) is 18.9 Å². The number of amides is 1. The van der Waals surface area contributed by atoms with Crippen LogP contribution in [0.15, 0.2) is 24.3 Å². The maximum Gasteiger partial charge on any atom is 0.217 e. The number of ether oxygens (including phenoxy) is 1. The highest BCUT2D eigenvalue weighted by molar-refractivity contribution is 5.73. The molecule has 2 N–H and O–H groups in total. The molecule has 1 aliphatic heterocycles. The fraction of sp³-hybridized carbons (Fsp3) is 0.588. The van der Waals surface area contributed by atoms with Gasteiger partial charge in [-0.2, -0.15) is 0 Å². The van der Waals surface area contributed by atoms with Crippen molar-refractivity contribution in [3.63, 3.8) is 0 Å². The Morgan fingerprint density at radius 1 is 1.43 bits per heavy atom.